The molecule has 0 saturated carbocycles. The Morgan fingerprint density at radius 3 is 1.92 bits per heavy atom. The van der Waals surface area contributed by atoms with Crippen LogP contribution in [0.25, 0.3) is 0 Å². The van der Waals surface area contributed by atoms with E-state index in [1.54, 1.807) is 14.0 Å². The predicted molar refractivity (Wildman–Crippen MR) is 49.1 cm³/mol. The molecule has 0 aromatic heterocycles. The summed E-state index contributed by atoms with van der Waals surface area (Å²) < 4.78 is 0. The number of carboxylic acid groups (broad SMARTS) is 1. The molecular weight excluding hydrogens is 154 g/mol. The zero-order valence-corrected chi connectivity index (χ0v) is 8.51. The molecule has 2 N–H and O–H groups in total. The topological polar surface area (TPSA) is 49.3 Å². The van der Waals surface area contributed by atoms with E-state index in [9.17, 15) is 4.79 Å². The van der Waals surface area contributed by atoms with Crippen LogP contribution in [0.3, 0.4) is 0 Å². The molecule has 12 heavy (non-hydrogen) atoms. The molecule has 0 amide bonds. The molecule has 0 aliphatic carbocycles. The number of hydrogen-bond donors (Lipinski definition) is 2. The van der Waals surface area contributed by atoms with Crippen molar-refractivity contribution in [2.45, 2.75) is 33.7 Å². The first-order valence-electron chi connectivity index (χ1n) is 4.20. The summed E-state index contributed by atoms with van der Waals surface area (Å²) in [7, 11) is 1.80. The van der Waals surface area contributed by atoms with E-state index in [2.05, 4.69) is 5.32 Å². The maximum absolute atomic E-state index is 10.7. The Balaban J connectivity index is 4.45. The third-order valence-electron chi connectivity index (χ3n) is 2.13. The van der Waals surface area contributed by atoms with Crippen molar-refractivity contribution < 1.29 is 9.90 Å². The van der Waals surface area contributed by atoms with E-state index in [0.717, 1.165) is 0 Å². The van der Waals surface area contributed by atoms with Gasteiger partial charge in [0.1, 0.15) is 0 Å². The minimum Gasteiger partial charge on any atom is -0.481 e. The lowest BCUT2D eigenvalue weighted by Gasteiger charge is -2.33. The van der Waals surface area contributed by atoms with Crippen LogP contribution in [0.15, 0.2) is 0 Å². The van der Waals surface area contributed by atoms with Crippen LogP contribution in [-0.4, -0.2) is 24.2 Å². The Morgan fingerprint density at radius 2 is 1.83 bits per heavy atom. The molecule has 0 aliphatic heterocycles. The average molecular weight is 173 g/mol. The van der Waals surface area contributed by atoms with Crippen LogP contribution in [0.5, 0.6) is 0 Å². The van der Waals surface area contributed by atoms with Gasteiger partial charge in [0.15, 0.2) is 0 Å². The summed E-state index contributed by atoms with van der Waals surface area (Å²) in [6, 6.07) is 0.00926. The lowest BCUT2D eigenvalue weighted by atomic mass is 9.80. The van der Waals surface area contributed by atoms with Crippen molar-refractivity contribution in [2.24, 2.45) is 11.3 Å². The number of nitrogens with one attached hydrogen (secondary N) is 1. The molecule has 0 spiro atoms. The van der Waals surface area contributed by atoms with Crippen LogP contribution in [0.2, 0.25) is 0 Å². The summed E-state index contributed by atoms with van der Waals surface area (Å²) in [4.78, 5) is 10.7. The molecule has 2 atom stereocenters. The van der Waals surface area contributed by atoms with Gasteiger partial charge >= 0.3 is 5.97 Å². The molecule has 0 aromatic carbocycles. The van der Waals surface area contributed by atoms with Gasteiger partial charge in [0, 0.05) is 6.04 Å². The Labute approximate surface area is 74.2 Å². The number of rotatable bonds is 3. The van der Waals surface area contributed by atoms with Gasteiger partial charge in [0.05, 0.1) is 5.92 Å². The highest BCUT2D eigenvalue weighted by atomic mass is 16.4. The molecule has 2 unspecified atom stereocenters. The van der Waals surface area contributed by atoms with Crippen molar-refractivity contribution in [1.82, 2.24) is 5.32 Å². The van der Waals surface area contributed by atoms with Gasteiger partial charge in [-0.15, -0.1) is 0 Å². The first-order valence-corrected chi connectivity index (χ1v) is 4.20. The molecule has 0 radical (unpaired) electrons. The molecule has 0 saturated heterocycles. The minimum atomic E-state index is -0.746. The highest BCUT2D eigenvalue weighted by Crippen LogP contribution is 2.24. The molecule has 3 nitrogen and oxygen atoms in total. The minimum absolute atomic E-state index is 0.00926. The quantitative estimate of drug-likeness (QED) is 0.677. The van der Waals surface area contributed by atoms with Gasteiger partial charge in [-0.1, -0.05) is 27.7 Å². The van der Waals surface area contributed by atoms with Crippen molar-refractivity contribution in [3.63, 3.8) is 0 Å². The standard InChI is InChI=1S/C9H19NO2/c1-6(8(11)12)7(10-5)9(2,3)4/h6-7,10H,1-5H3,(H,11,12). The maximum Gasteiger partial charge on any atom is 0.307 e. The van der Waals surface area contributed by atoms with Crippen molar-refractivity contribution >= 4 is 5.97 Å². The smallest absolute Gasteiger partial charge is 0.307 e. The lowest BCUT2D eigenvalue weighted by molar-refractivity contribution is -0.143. The third kappa shape index (κ3) is 2.81. The van der Waals surface area contributed by atoms with Crippen molar-refractivity contribution in [3.8, 4) is 0 Å². The number of carboxylic acids is 1. The van der Waals surface area contributed by atoms with Crippen molar-refractivity contribution in [3.05, 3.63) is 0 Å². The van der Waals surface area contributed by atoms with E-state index < -0.39 is 5.97 Å². The molecule has 3 heteroatoms. The van der Waals surface area contributed by atoms with E-state index in [0.29, 0.717) is 0 Å². The normalized spacial score (nSPS) is 17.1. The second-order valence-electron chi connectivity index (χ2n) is 4.26. The van der Waals surface area contributed by atoms with Crippen LogP contribution in [0, 0.1) is 11.3 Å². The summed E-state index contributed by atoms with van der Waals surface area (Å²) in [6.45, 7) is 7.84. The number of aliphatic carboxylic acids is 1. The van der Waals surface area contributed by atoms with Crippen LogP contribution < -0.4 is 5.32 Å². The summed E-state index contributed by atoms with van der Waals surface area (Å²) in [5, 5.41) is 11.8. The first-order chi connectivity index (χ1) is 5.30. The number of carbonyl (C=O) groups is 1. The largest absolute Gasteiger partial charge is 0.481 e. The Morgan fingerprint density at radius 1 is 1.42 bits per heavy atom. The van der Waals surface area contributed by atoms with Crippen molar-refractivity contribution in [2.75, 3.05) is 7.05 Å². The van der Waals surface area contributed by atoms with Gasteiger partial charge < -0.3 is 10.4 Å². The molecule has 0 aliphatic rings. The monoisotopic (exact) mass is 173 g/mol. The maximum atomic E-state index is 10.7. The fourth-order valence-electron chi connectivity index (χ4n) is 1.58. The molecule has 0 fully saturated rings. The van der Waals surface area contributed by atoms with Gasteiger partial charge in [0.25, 0.3) is 0 Å². The SMILES string of the molecule is CNC(C(C)C(=O)O)C(C)(C)C. The molecule has 72 valence electrons. The average Bonchev–Trinajstić information content (AvgIpc) is 1.85. The molecule has 0 aromatic rings. The van der Waals surface area contributed by atoms with E-state index in [4.69, 9.17) is 5.11 Å². The zero-order valence-electron chi connectivity index (χ0n) is 8.51. The molecule has 0 heterocycles. The van der Waals surface area contributed by atoms with E-state index >= 15 is 0 Å². The van der Waals surface area contributed by atoms with Gasteiger partial charge in [0.2, 0.25) is 0 Å². The van der Waals surface area contributed by atoms with E-state index in [1.165, 1.54) is 0 Å². The summed E-state index contributed by atoms with van der Waals surface area (Å²) >= 11 is 0. The van der Waals surface area contributed by atoms with Crippen LogP contribution in [0.1, 0.15) is 27.7 Å². The van der Waals surface area contributed by atoms with Crippen LogP contribution >= 0.6 is 0 Å². The van der Waals surface area contributed by atoms with Crippen LogP contribution in [0.4, 0.5) is 0 Å². The third-order valence-corrected chi connectivity index (χ3v) is 2.13. The van der Waals surface area contributed by atoms with E-state index in [1.807, 2.05) is 20.8 Å². The Hall–Kier alpha value is -0.570. The first kappa shape index (κ1) is 11.4. The second kappa shape index (κ2) is 3.90. The zero-order chi connectivity index (χ0) is 9.94. The predicted octanol–water partition coefficient (Wildman–Crippen LogP) is 1.34. The fraction of sp³-hybridized carbons (Fsp3) is 0.889. The highest BCUT2D eigenvalue weighted by molar-refractivity contribution is 5.70. The van der Waals surface area contributed by atoms with Crippen molar-refractivity contribution in [1.29, 1.82) is 0 Å². The van der Waals surface area contributed by atoms with Crippen LogP contribution in [-0.2, 0) is 4.79 Å². The van der Waals surface area contributed by atoms with Gasteiger partial charge in [-0.3, -0.25) is 4.79 Å². The Kier molecular flexibility index (Phi) is 3.71. The van der Waals surface area contributed by atoms with Gasteiger partial charge in [-0.05, 0) is 12.5 Å². The molecule has 0 rings (SSSR count). The highest BCUT2D eigenvalue weighted by Gasteiger charge is 2.31. The summed E-state index contributed by atoms with van der Waals surface area (Å²) in [5.74, 6) is -1.10. The number of hydrogen-bond acceptors (Lipinski definition) is 2. The second-order valence-corrected chi connectivity index (χ2v) is 4.26. The molecule has 0 bridgehead atoms. The van der Waals surface area contributed by atoms with E-state index in [-0.39, 0.29) is 17.4 Å². The lowest BCUT2D eigenvalue weighted by Crippen LogP contribution is -2.45. The Bertz CT molecular complexity index is 160. The summed E-state index contributed by atoms with van der Waals surface area (Å²) in [5.41, 5.74) is -0.0213. The van der Waals surface area contributed by atoms with Gasteiger partial charge in [-0.2, -0.15) is 0 Å². The summed E-state index contributed by atoms with van der Waals surface area (Å²) in [6.07, 6.45) is 0. The van der Waals surface area contributed by atoms with Gasteiger partial charge in [-0.25, -0.2) is 0 Å². The molecular formula is C9H19NO2. The fourth-order valence-corrected chi connectivity index (χ4v) is 1.58.